The van der Waals surface area contributed by atoms with Crippen LogP contribution in [-0.2, 0) is 9.05 Å². The van der Waals surface area contributed by atoms with Gasteiger partial charge in [-0.1, -0.05) is 30.3 Å². The van der Waals surface area contributed by atoms with E-state index in [2.05, 4.69) is 6.58 Å². The molecule has 0 radical (unpaired) electrons. The minimum Gasteiger partial charge on any atom is -0.487 e. The van der Waals surface area contributed by atoms with E-state index in [0.717, 1.165) is 0 Å². The van der Waals surface area contributed by atoms with E-state index in [4.69, 9.17) is 27.0 Å². The molecule has 0 heterocycles. The van der Waals surface area contributed by atoms with Gasteiger partial charge in [0.05, 0.1) is 0 Å². The first-order valence-electron chi connectivity index (χ1n) is 3.91. The number of rotatable bonds is 4. The van der Waals surface area contributed by atoms with Gasteiger partial charge in [-0.25, -0.2) is 8.42 Å². The van der Waals surface area contributed by atoms with Gasteiger partial charge in [0.15, 0.2) is 0 Å². The number of para-hydroxylation sites is 1. The van der Waals surface area contributed by atoms with Gasteiger partial charge in [-0.3, -0.25) is 0 Å². The van der Waals surface area contributed by atoms with Crippen LogP contribution in [0.15, 0.2) is 40.8 Å². The predicted octanol–water partition coefficient (Wildman–Crippen LogP) is 2.75. The van der Waals surface area contributed by atoms with Crippen molar-refractivity contribution >= 4 is 31.3 Å². The van der Waals surface area contributed by atoms with Gasteiger partial charge in [0.1, 0.15) is 17.3 Å². The Hall–Kier alpha value is -0.710. The van der Waals surface area contributed by atoms with Crippen LogP contribution < -0.4 is 4.74 Å². The Morgan fingerprint density at radius 2 is 2.00 bits per heavy atom. The summed E-state index contributed by atoms with van der Waals surface area (Å²) < 4.78 is 27.4. The Morgan fingerprint density at radius 1 is 1.40 bits per heavy atom. The molecule has 0 saturated carbocycles. The predicted molar refractivity (Wildman–Crippen MR) is 60.0 cm³/mol. The van der Waals surface area contributed by atoms with Crippen molar-refractivity contribution in [2.75, 3.05) is 6.61 Å². The summed E-state index contributed by atoms with van der Waals surface area (Å²) in [6.45, 7) is 3.45. The summed E-state index contributed by atoms with van der Waals surface area (Å²) in [6, 6.07) is 6.04. The van der Waals surface area contributed by atoms with E-state index in [0.29, 0.717) is 0 Å². The van der Waals surface area contributed by atoms with E-state index in [1.165, 1.54) is 12.1 Å². The lowest BCUT2D eigenvalue weighted by atomic mass is 10.3. The molecule has 3 nitrogen and oxygen atoms in total. The molecule has 0 N–H and O–H groups in total. The molecule has 0 bridgehead atoms. The van der Waals surface area contributed by atoms with E-state index in [1.54, 1.807) is 12.1 Å². The van der Waals surface area contributed by atoms with Crippen LogP contribution >= 0.6 is 22.3 Å². The van der Waals surface area contributed by atoms with E-state index in [-0.39, 0.29) is 22.3 Å². The van der Waals surface area contributed by atoms with Crippen LogP contribution in [0.2, 0.25) is 0 Å². The molecule has 0 aliphatic heterocycles. The van der Waals surface area contributed by atoms with Crippen LogP contribution in [0.4, 0.5) is 0 Å². The molecule has 1 rings (SSSR count). The molecule has 1 aromatic rings. The highest BCUT2D eigenvalue weighted by molar-refractivity contribution is 8.13. The van der Waals surface area contributed by atoms with E-state index in [9.17, 15) is 8.42 Å². The molecular weight excluding hydrogens is 259 g/mol. The van der Waals surface area contributed by atoms with Gasteiger partial charge in [0.2, 0.25) is 0 Å². The van der Waals surface area contributed by atoms with Crippen molar-refractivity contribution in [3.05, 3.63) is 35.9 Å². The van der Waals surface area contributed by atoms with Gasteiger partial charge in [0.25, 0.3) is 9.05 Å². The Kier molecular flexibility index (Phi) is 4.02. The van der Waals surface area contributed by atoms with Crippen molar-refractivity contribution in [1.29, 1.82) is 0 Å². The average Bonchev–Trinajstić information content (AvgIpc) is 2.13. The van der Waals surface area contributed by atoms with Gasteiger partial charge >= 0.3 is 0 Å². The third kappa shape index (κ3) is 3.74. The van der Waals surface area contributed by atoms with Crippen molar-refractivity contribution in [1.82, 2.24) is 0 Å². The van der Waals surface area contributed by atoms with Crippen LogP contribution in [0, 0.1) is 0 Å². The van der Waals surface area contributed by atoms with Gasteiger partial charge in [-0.15, -0.1) is 0 Å². The summed E-state index contributed by atoms with van der Waals surface area (Å²) in [4.78, 5) is -0.0791. The second-order valence-corrected chi connectivity index (χ2v) is 5.76. The van der Waals surface area contributed by atoms with Crippen LogP contribution in [0.3, 0.4) is 0 Å². The van der Waals surface area contributed by atoms with E-state index in [1.807, 2.05) is 0 Å². The minimum absolute atomic E-state index is 0.0327. The number of halogens is 2. The lowest BCUT2D eigenvalue weighted by Gasteiger charge is -2.07. The molecule has 0 fully saturated rings. The van der Waals surface area contributed by atoms with Crippen molar-refractivity contribution in [3.8, 4) is 5.75 Å². The largest absolute Gasteiger partial charge is 0.487 e. The van der Waals surface area contributed by atoms with Gasteiger partial charge in [-0.2, -0.15) is 0 Å². The van der Waals surface area contributed by atoms with Crippen molar-refractivity contribution < 1.29 is 13.2 Å². The molecule has 0 aliphatic rings. The van der Waals surface area contributed by atoms with Crippen molar-refractivity contribution in [3.63, 3.8) is 0 Å². The Bertz CT molecular complexity index is 468. The summed E-state index contributed by atoms with van der Waals surface area (Å²) in [5, 5.41) is 0.275. The van der Waals surface area contributed by atoms with Crippen LogP contribution in [0.1, 0.15) is 0 Å². The second kappa shape index (κ2) is 4.88. The fourth-order valence-electron chi connectivity index (χ4n) is 0.927. The van der Waals surface area contributed by atoms with Crippen LogP contribution in [0.25, 0.3) is 0 Å². The molecule has 1 aromatic carbocycles. The number of benzene rings is 1. The van der Waals surface area contributed by atoms with E-state index < -0.39 is 9.05 Å². The minimum atomic E-state index is -3.81. The fraction of sp³-hybridized carbons (Fsp3) is 0.111. The molecule has 6 heteroatoms. The lowest BCUT2D eigenvalue weighted by Crippen LogP contribution is -2.01. The Morgan fingerprint density at radius 3 is 2.53 bits per heavy atom. The zero-order valence-electron chi connectivity index (χ0n) is 7.61. The standard InChI is InChI=1S/C9H8Cl2O3S/c1-7(10)6-14-8-4-2-3-5-9(8)15(11,12)13/h2-5H,1,6H2. The molecule has 0 saturated heterocycles. The first-order chi connectivity index (χ1) is 6.91. The zero-order chi connectivity index (χ0) is 11.5. The maximum absolute atomic E-state index is 11.1. The molecule has 82 valence electrons. The smallest absolute Gasteiger partial charge is 0.264 e. The van der Waals surface area contributed by atoms with Crippen LogP contribution in [-0.4, -0.2) is 15.0 Å². The van der Waals surface area contributed by atoms with Crippen LogP contribution in [0.5, 0.6) is 5.75 Å². The summed E-state index contributed by atoms with van der Waals surface area (Å²) in [5.41, 5.74) is 0. The summed E-state index contributed by atoms with van der Waals surface area (Å²) in [6.07, 6.45) is 0. The number of ether oxygens (including phenoxy) is 1. The zero-order valence-corrected chi connectivity index (χ0v) is 9.94. The maximum Gasteiger partial charge on any atom is 0.264 e. The Labute approximate surface area is 97.7 Å². The Balaban J connectivity index is 3.02. The highest BCUT2D eigenvalue weighted by Crippen LogP contribution is 2.26. The normalized spacial score (nSPS) is 11.1. The van der Waals surface area contributed by atoms with Gasteiger partial charge in [0, 0.05) is 15.7 Å². The number of hydrogen-bond donors (Lipinski definition) is 0. The molecule has 0 spiro atoms. The topological polar surface area (TPSA) is 43.4 Å². The average molecular weight is 267 g/mol. The first kappa shape index (κ1) is 12.4. The highest BCUT2D eigenvalue weighted by Gasteiger charge is 2.15. The van der Waals surface area contributed by atoms with E-state index >= 15 is 0 Å². The van der Waals surface area contributed by atoms with Gasteiger partial charge in [-0.05, 0) is 12.1 Å². The molecule has 0 aromatic heterocycles. The fourth-order valence-corrected chi connectivity index (χ4v) is 1.97. The summed E-state index contributed by atoms with van der Waals surface area (Å²) in [7, 11) is 1.41. The van der Waals surface area contributed by atoms with Gasteiger partial charge < -0.3 is 4.74 Å². The maximum atomic E-state index is 11.1. The lowest BCUT2D eigenvalue weighted by molar-refractivity contribution is 0.350. The molecule has 0 aliphatic carbocycles. The SMILES string of the molecule is C=C(Cl)COc1ccccc1S(=O)(=O)Cl. The first-order valence-corrected chi connectivity index (χ1v) is 6.60. The third-order valence-electron chi connectivity index (χ3n) is 1.50. The second-order valence-electron chi connectivity index (χ2n) is 2.69. The molecule has 0 amide bonds. The molecule has 15 heavy (non-hydrogen) atoms. The summed E-state index contributed by atoms with van der Waals surface area (Å²) >= 11 is 5.49. The third-order valence-corrected chi connectivity index (χ3v) is 2.97. The quantitative estimate of drug-likeness (QED) is 0.788. The molecule has 0 unspecified atom stereocenters. The highest BCUT2D eigenvalue weighted by atomic mass is 35.7. The summed E-state index contributed by atoms with van der Waals surface area (Å²) in [5.74, 6) is 0.161. The molecular formula is C9H8Cl2O3S. The number of hydrogen-bond acceptors (Lipinski definition) is 3. The monoisotopic (exact) mass is 266 g/mol. The molecule has 0 atom stereocenters. The van der Waals surface area contributed by atoms with Crippen molar-refractivity contribution in [2.24, 2.45) is 0 Å². The van der Waals surface area contributed by atoms with Crippen molar-refractivity contribution in [2.45, 2.75) is 4.90 Å².